The SMILES string of the molecule is CCc1ccc(S(=O)(=O)NCCc2nnc(-c3cccc(C)c3)o2)s1. The summed E-state index contributed by atoms with van der Waals surface area (Å²) >= 11 is 1.29. The summed E-state index contributed by atoms with van der Waals surface area (Å²) in [5.74, 6) is 0.840. The second-order valence-corrected chi connectivity index (χ2v) is 8.75. The van der Waals surface area contributed by atoms with Gasteiger partial charge in [0.25, 0.3) is 0 Å². The molecular formula is C17H19N3O3S2. The van der Waals surface area contributed by atoms with Gasteiger partial charge in [0.15, 0.2) is 0 Å². The maximum absolute atomic E-state index is 12.2. The molecule has 0 saturated heterocycles. The van der Waals surface area contributed by atoms with Crippen molar-refractivity contribution in [1.29, 1.82) is 0 Å². The molecule has 0 bridgehead atoms. The van der Waals surface area contributed by atoms with Gasteiger partial charge >= 0.3 is 0 Å². The molecule has 0 aliphatic heterocycles. The molecule has 6 nitrogen and oxygen atoms in total. The second-order valence-electron chi connectivity index (χ2n) is 5.59. The summed E-state index contributed by atoms with van der Waals surface area (Å²) in [5.41, 5.74) is 1.96. The van der Waals surface area contributed by atoms with Crippen LogP contribution in [0.5, 0.6) is 0 Å². The van der Waals surface area contributed by atoms with Crippen LogP contribution in [0.3, 0.4) is 0 Å². The molecule has 132 valence electrons. The Hall–Kier alpha value is -2.03. The molecule has 3 aromatic rings. The first kappa shape index (κ1) is 17.8. The van der Waals surface area contributed by atoms with Gasteiger partial charge in [0.05, 0.1) is 0 Å². The van der Waals surface area contributed by atoms with Gasteiger partial charge in [0.1, 0.15) is 4.21 Å². The minimum absolute atomic E-state index is 0.205. The third-order valence-corrected chi connectivity index (χ3v) is 6.80. The molecule has 2 heterocycles. The molecule has 0 radical (unpaired) electrons. The molecule has 0 spiro atoms. The Bertz CT molecular complexity index is 961. The lowest BCUT2D eigenvalue weighted by atomic mass is 10.1. The molecular weight excluding hydrogens is 358 g/mol. The Kier molecular flexibility index (Phi) is 5.31. The molecule has 0 aliphatic carbocycles. The number of nitrogens with zero attached hydrogens (tertiary/aromatic N) is 2. The van der Waals surface area contributed by atoms with E-state index >= 15 is 0 Å². The van der Waals surface area contributed by atoms with Crippen LogP contribution in [0.4, 0.5) is 0 Å². The van der Waals surface area contributed by atoms with Crippen molar-refractivity contribution in [3.63, 3.8) is 0 Å². The predicted octanol–water partition coefficient (Wildman–Crippen LogP) is 3.19. The number of hydrogen-bond acceptors (Lipinski definition) is 6. The van der Waals surface area contributed by atoms with Gasteiger partial charge in [-0.15, -0.1) is 21.5 Å². The van der Waals surface area contributed by atoms with Crippen LogP contribution in [-0.4, -0.2) is 25.2 Å². The fourth-order valence-corrected chi connectivity index (χ4v) is 4.68. The van der Waals surface area contributed by atoms with Gasteiger partial charge in [-0.25, -0.2) is 13.1 Å². The summed E-state index contributed by atoms with van der Waals surface area (Å²) < 4.78 is 33.0. The molecule has 1 aromatic carbocycles. The highest BCUT2D eigenvalue weighted by molar-refractivity contribution is 7.91. The Labute approximate surface area is 151 Å². The van der Waals surface area contributed by atoms with Gasteiger partial charge in [-0.3, -0.25) is 0 Å². The number of nitrogens with one attached hydrogen (secondary N) is 1. The highest BCUT2D eigenvalue weighted by Gasteiger charge is 2.17. The molecule has 25 heavy (non-hydrogen) atoms. The summed E-state index contributed by atoms with van der Waals surface area (Å²) in [7, 11) is -3.49. The molecule has 0 amide bonds. The van der Waals surface area contributed by atoms with E-state index in [2.05, 4.69) is 14.9 Å². The number of aryl methyl sites for hydroxylation is 2. The maximum atomic E-state index is 12.2. The first-order valence-corrected chi connectivity index (χ1v) is 10.3. The Balaban J connectivity index is 1.61. The van der Waals surface area contributed by atoms with Crippen LogP contribution >= 0.6 is 11.3 Å². The van der Waals surface area contributed by atoms with E-state index in [0.717, 1.165) is 22.4 Å². The largest absolute Gasteiger partial charge is 0.421 e. The maximum Gasteiger partial charge on any atom is 0.250 e. The normalized spacial score (nSPS) is 11.8. The number of rotatable bonds is 7. The van der Waals surface area contributed by atoms with Gasteiger partial charge in [0.2, 0.25) is 21.8 Å². The molecule has 8 heteroatoms. The predicted molar refractivity (Wildman–Crippen MR) is 97.1 cm³/mol. The summed E-state index contributed by atoms with van der Waals surface area (Å²) in [6.45, 7) is 4.19. The Morgan fingerprint density at radius 3 is 2.76 bits per heavy atom. The van der Waals surface area contributed by atoms with Crippen molar-refractivity contribution >= 4 is 21.4 Å². The van der Waals surface area contributed by atoms with E-state index in [-0.39, 0.29) is 6.54 Å². The Morgan fingerprint density at radius 2 is 2.04 bits per heavy atom. The standard InChI is InChI=1S/C17H19N3O3S2/c1-3-14-7-8-16(24-14)25(21,22)18-10-9-15-19-20-17(23-15)13-6-4-5-12(2)11-13/h4-8,11,18H,3,9-10H2,1-2H3. The van der Waals surface area contributed by atoms with Crippen molar-refractivity contribution in [3.8, 4) is 11.5 Å². The van der Waals surface area contributed by atoms with E-state index in [1.54, 1.807) is 6.07 Å². The highest BCUT2D eigenvalue weighted by atomic mass is 32.2. The monoisotopic (exact) mass is 377 g/mol. The lowest BCUT2D eigenvalue weighted by Crippen LogP contribution is -2.25. The number of aromatic nitrogens is 2. The molecule has 0 fully saturated rings. The van der Waals surface area contributed by atoms with E-state index in [1.165, 1.54) is 11.3 Å². The zero-order valence-electron chi connectivity index (χ0n) is 14.0. The first-order valence-electron chi connectivity index (χ1n) is 7.96. The topological polar surface area (TPSA) is 85.1 Å². The average Bonchev–Trinajstić information content (AvgIpc) is 3.24. The van der Waals surface area contributed by atoms with Crippen LogP contribution in [-0.2, 0) is 22.9 Å². The van der Waals surface area contributed by atoms with Crippen LogP contribution < -0.4 is 4.72 Å². The third-order valence-electron chi connectivity index (χ3n) is 3.61. The van der Waals surface area contributed by atoms with Crippen molar-refractivity contribution in [2.45, 2.75) is 30.9 Å². The molecule has 0 saturated carbocycles. The lowest BCUT2D eigenvalue weighted by Gasteiger charge is -2.02. The molecule has 1 N–H and O–H groups in total. The van der Waals surface area contributed by atoms with E-state index in [1.807, 2.05) is 44.2 Å². The first-order chi connectivity index (χ1) is 12.0. The highest BCUT2D eigenvalue weighted by Crippen LogP contribution is 2.22. The van der Waals surface area contributed by atoms with Crippen molar-refractivity contribution in [1.82, 2.24) is 14.9 Å². The number of sulfonamides is 1. The van der Waals surface area contributed by atoms with Crippen molar-refractivity contribution in [2.75, 3.05) is 6.54 Å². The number of benzene rings is 1. The molecule has 0 unspecified atom stereocenters. The van der Waals surface area contributed by atoms with Gasteiger partial charge in [0, 0.05) is 23.4 Å². The fraction of sp³-hybridized carbons (Fsp3) is 0.294. The van der Waals surface area contributed by atoms with Gasteiger partial charge in [-0.2, -0.15) is 0 Å². The zero-order valence-corrected chi connectivity index (χ0v) is 15.7. The van der Waals surface area contributed by atoms with Crippen LogP contribution in [0.25, 0.3) is 11.5 Å². The molecule has 3 rings (SSSR count). The van der Waals surface area contributed by atoms with Crippen LogP contribution in [0, 0.1) is 6.92 Å². The molecule has 0 atom stereocenters. The van der Waals surface area contributed by atoms with Crippen LogP contribution in [0.1, 0.15) is 23.3 Å². The van der Waals surface area contributed by atoms with Gasteiger partial charge in [-0.1, -0.05) is 24.6 Å². The lowest BCUT2D eigenvalue weighted by molar-refractivity contribution is 0.502. The zero-order chi connectivity index (χ0) is 17.9. The van der Waals surface area contributed by atoms with Crippen molar-refractivity contribution < 1.29 is 12.8 Å². The minimum Gasteiger partial charge on any atom is -0.421 e. The van der Waals surface area contributed by atoms with Crippen molar-refractivity contribution in [3.05, 3.63) is 52.7 Å². The fourth-order valence-electron chi connectivity index (χ4n) is 2.31. The van der Waals surface area contributed by atoms with E-state index in [4.69, 9.17) is 4.42 Å². The quantitative estimate of drug-likeness (QED) is 0.683. The number of hydrogen-bond donors (Lipinski definition) is 1. The third kappa shape index (κ3) is 4.33. The van der Waals surface area contributed by atoms with E-state index in [9.17, 15) is 8.42 Å². The van der Waals surface area contributed by atoms with Gasteiger partial charge in [-0.05, 0) is 37.6 Å². The summed E-state index contributed by atoms with van der Waals surface area (Å²) in [6, 6.07) is 11.2. The Morgan fingerprint density at radius 1 is 1.20 bits per heavy atom. The van der Waals surface area contributed by atoms with Crippen LogP contribution in [0.15, 0.2) is 45.0 Å². The van der Waals surface area contributed by atoms with Gasteiger partial charge < -0.3 is 4.42 Å². The minimum atomic E-state index is -3.49. The second kappa shape index (κ2) is 7.47. The van der Waals surface area contributed by atoms with E-state index in [0.29, 0.717) is 22.4 Å². The average molecular weight is 377 g/mol. The van der Waals surface area contributed by atoms with Crippen LogP contribution in [0.2, 0.25) is 0 Å². The molecule has 2 aromatic heterocycles. The summed E-state index contributed by atoms with van der Waals surface area (Å²) in [4.78, 5) is 1.04. The molecule has 0 aliphatic rings. The summed E-state index contributed by atoms with van der Waals surface area (Å²) in [6.07, 6.45) is 1.16. The number of thiophene rings is 1. The van der Waals surface area contributed by atoms with E-state index < -0.39 is 10.0 Å². The van der Waals surface area contributed by atoms with Crippen molar-refractivity contribution in [2.24, 2.45) is 0 Å². The smallest absolute Gasteiger partial charge is 0.250 e. The summed E-state index contributed by atoms with van der Waals surface area (Å²) in [5, 5.41) is 8.01.